The second-order valence-electron chi connectivity index (χ2n) is 11.4. The lowest BCUT2D eigenvalue weighted by molar-refractivity contribution is -0.133. The van der Waals surface area contributed by atoms with Gasteiger partial charge in [-0.15, -0.1) is 0 Å². The second-order valence-corrected chi connectivity index (χ2v) is 11.9. The molecule has 0 atom stereocenters. The highest BCUT2D eigenvalue weighted by Gasteiger charge is 2.26. The Bertz CT molecular complexity index is 1120. The van der Waals surface area contributed by atoms with Gasteiger partial charge in [-0.3, -0.25) is 24.3 Å². The molecule has 2 amide bonds. The molecule has 9 heteroatoms. The fourth-order valence-electron chi connectivity index (χ4n) is 5.77. The Kier molecular flexibility index (Phi) is 12.0. The standard InChI is InChI=1S/C32H46ClN5O3/c1-26(2)36-20-18-35(19-21-36)24-31(39)37-16-6-14-34(22-27-10-12-29(33)13-11-27)15-7-17-38(32(40)25-41-3)30-9-5-4-8-28(30)23-37/h4-5,8-13,26H,6-7,14-25H2,1-3H3. The molecule has 41 heavy (non-hydrogen) atoms. The summed E-state index contributed by atoms with van der Waals surface area (Å²) in [6, 6.07) is 16.5. The fourth-order valence-corrected chi connectivity index (χ4v) is 5.90. The van der Waals surface area contributed by atoms with Crippen molar-refractivity contribution >= 4 is 29.1 Å². The van der Waals surface area contributed by atoms with Crippen molar-refractivity contribution < 1.29 is 14.3 Å². The normalized spacial score (nSPS) is 18.6. The van der Waals surface area contributed by atoms with Gasteiger partial charge in [0, 0.05) is 89.3 Å². The van der Waals surface area contributed by atoms with Crippen LogP contribution in [-0.4, -0.2) is 110 Å². The molecule has 0 aromatic heterocycles. The molecule has 2 heterocycles. The van der Waals surface area contributed by atoms with E-state index in [0.29, 0.717) is 32.2 Å². The maximum Gasteiger partial charge on any atom is 0.252 e. The van der Waals surface area contributed by atoms with Gasteiger partial charge in [0.2, 0.25) is 5.91 Å². The lowest BCUT2D eigenvalue weighted by Crippen LogP contribution is -2.51. The quantitative estimate of drug-likeness (QED) is 0.492. The summed E-state index contributed by atoms with van der Waals surface area (Å²) in [6.07, 6.45) is 1.72. The van der Waals surface area contributed by atoms with E-state index in [2.05, 4.69) is 40.7 Å². The average molecular weight is 584 g/mol. The summed E-state index contributed by atoms with van der Waals surface area (Å²) in [4.78, 5) is 38.0. The van der Waals surface area contributed by atoms with Crippen molar-refractivity contribution in [2.75, 3.05) is 77.5 Å². The summed E-state index contributed by atoms with van der Waals surface area (Å²) in [5.41, 5.74) is 3.06. The SMILES string of the molecule is COCC(=O)N1CCCN(Cc2ccc(Cl)cc2)CCCN(C(=O)CN2CCN(C(C)C)CC2)Cc2ccccc21. The lowest BCUT2D eigenvalue weighted by atomic mass is 10.1. The summed E-state index contributed by atoms with van der Waals surface area (Å²) in [6.45, 7) is 12.9. The third kappa shape index (κ3) is 9.25. The number of hydrogen-bond acceptors (Lipinski definition) is 6. The van der Waals surface area contributed by atoms with Crippen LogP contribution in [0.5, 0.6) is 0 Å². The molecule has 2 aliphatic rings. The largest absolute Gasteiger partial charge is 0.375 e. The number of fused-ring (bicyclic) bond motifs is 1. The molecule has 2 aromatic carbocycles. The van der Waals surface area contributed by atoms with Crippen molar-refractivity contribution in [2.24, 2.45) is 0 Å². The highest BCUT2D eigenvalue weighted by molar-refractivity contribution is 6.30. The monoisotopic (exact) mass is 583 g/mol. The molecule has 1 fully saturated rings. The van der Waals surface area contributed by atoms with Gasteiger partial charge >= 0.3 is 0 Å². The fraction of sp³-hybridized carbons (Fsp3) is 0.562. The number of methoxy groups -OCH3 is 1. The Morgan fingerprint density at radius 1 is 0.829 bits per heavy atom. The number of hydrogen-bond donors (Lipinski definition) is 0. The molecular formula is C32H46ClN5O3. The molecule has 0 spiro atoms. The van der Waals surface area contributed by atoms with E-state index in [-0.39, 0.29) is 18.4 Å². The first kappa shape index (κ1) is 31.4. The van der Waals surface area contributed by atoms with Crippen LogP contribution in [0.3, 0.4) is 0 Å². The van der Waals surface area contributed by atoms with E-state index in [0.717, 1.165) is 74.9 Å². The van der Waals surface area contributed by atoms with E-state index in [4.69, 9.17) is 16.3 Å². The van der Waals surface area contributed by atoms with Gasteiger partial charge in [0.25, 0.3) is 5.91 Å². The van der Waals surface area contributed by atoms with Gasteiger partial charge in [-0.05, 0) is 56.0 Å². The molecule has 0 saturated carbocycles. The molecule has 0 bridgehead atoms. The zero-order valence-corrected chi connectivity index (χ0v) is 25.7. The second kappa shape index (κ2) is 15.7. The predicted octanol–water partition coefficient (Wildman–Crippen LogP) is 3.97. The van der Waals surface area contributed by atoms with Crippen molar-refractivity contribution in [1.29, 1.82) is 0 Å². The van der Waals surface area contributed by atoms with Gasteiger partial charge in [-0.2, -0.15) is 0 Å². The molecule has 4 rings (SSSR count). The van der Waals surface area contributed by atoms with Crippen molar-refractivity contribution in [3.05, 3.63) is 64.7 Å². The predicted molar refractivity (Wildman–Crippen MR) is 165 cm³/mol. The Labute approximate surface area is 250 Å². The van der Waals surface area contributed by atoms with Gasteiger partial charge in [-0.25, -0.2) is 0 Å². The number of para-hydroxylation sites is 1. The maximum atomic E-state index is 13.8. The Hall–Kier alpha value is -2.49. The molecular weight excluding hydrogens is 538 g/mol. The summed E-state index contributed by atoms with van der Waals surface area (Å²) in [5.74, 6) is 0.0797. The molecule has 8 nitrogen and oxygen atoms in total. The van der Waals surface area contributed by atoms with E-state index >= 15 is 0 Å². The van der Waals surface area contributed by atoms with E-state index in [1.807, 2.05) is 46.2 Å². The maximum absolute atomic E-state index is 13.8. The van der Waals surface area contributed by atoms with Crippen molar-refractivity contribution in [2.45, 2.75) is 45.8 Å². The molecule has 224 valence electrons. The smallest absolute Gasteiger partial charge is 0.252 e. The topological polar surface area (TPSA) is 59.6 Å². The summed E-state index contributed by atoms with van der Waals surface area (Å²) < 4.78 is 5.23. The van der Waals surface area contributed by atoms with Gasteiger partial charge in [0.1, 0.15) is 6.61 Å². The molecule has 0 unspecified atom stereocenters. The number of anilines is 1. The number of carbonyl (C=O) groups excluding carboxylic acids is 2. The van der Waals surface area contributed by atoms with Crippen LogP contribution in [0, 0.1) is 0 Å². The number of carbonyl (C=O) groups is 2. The van der Waals surface area contributed by atoms with Crippen LogP contribution in [0.15, 0.2) is 48.5 Å². The lowest BCUT2D eigenvalue weighted by Gasteiger charge is -2.37. The summed E-state index contributed by atoms with van der Waals surface area (Å²) in [5, 5.41) is 0.730. The molecule has 2 aliphatic heterocycles. The van der Waals surface area contributed by atoms with E-state index in [1.54, 1.807) is 7.11 Å². The zero-order chi connectivity index (χ0) is 29.2. The van der Waals surface area contributed by atoms with Crippen molar-refractivity contribution in [1.82, 2.24) is 19.6 Å². The van der Waals surface area contributed by atoms with E-state index < -0.39 is 0 Å². The van der Waals surface area contributed by atoms with Crippen molar-refractivity contribution in [3.8, 4) is 0 Å². The van der Waals surface area contributed by atoms with Crippen LogP contribution < -0.4 is 4.90 Å². The molecule has 2 aromatic rings. The number of halogens is 1. The first-order valence-electron chi connectivity index (χ1n) is 14.9. The van der Waals surface area contributed by atoms with Crippen molar-refractivity contribution in [3.63, 3.8) is 0 Å². The van der Waals surface area contributed by atoms with Crippen LogP contribution in [0.25, 0.3) is 0 Å². The van der Waals surface area contributed by atoms with Gasteiger partial charge < -0.3 is 14.5 Å². The first-order valence-corrected chi connectivity index (χ1v) is 15.3. The van der Waals surface area contributed by atoms with Crippen LogP contribution in [0.4, 0.5) is 5.69 Å². The Balaban J connectivity index is 1.54. The van der Waals surface area contributed by atoms with E-state index in [1.165, 1.54) is 5.56 Å². The first-order chi connectivity index (χ1) is 19.8. The Morgan fingerprint density at radius 2 is 1.51 bits per heavy atom. The number of piperazine rings is 1. The summed E-state index contributed by atoms with van der Waals surface area (Å²) in [7, 11) is 1.55. The molecule has 1 saturated heterocycles. The Morgan fingerprint density at radius 3 is 2.20 bits per heavy atom. The molecule has 0 radical (unpaired) electrons. The summed E-state index contributed by atoms with van der Waals surface area (Å²) >= 11 is 6.12. The highest BCUT2D eigenvalue weighted by atomic mass is 35.5. The highest BCUT2D eigenvalue weighted by Crippen LogP contribution is 2.24. The van der Waals surface area contributed by atoms with Crippen LogP contribution in [-0.2, 0) is 27.4 Å². The van der Waals surface area contributed by atoms with E-state index in [9.17, 15) is 9.59 Å². The number of amides is 2. The van der Waals surface area contributed by atoms with Crippen LogP contribution >= 0.6 is 11.6 Å². The number of benzene rings is 2. The minimum absolute atomic E-state index is 0.0216. The number of ether oxygens (including phenoxy) is 1. The number of rotatable bonds is 7. The molecule has 0 N–H and O–H groups in total. The van der Waals surface area contributed by atoms with Gasteiger partial charge in [-0.1, -0.05) is 41.9 Å². The van der Waals surface area contributed by atoms with Crippen LogP contribution in [0.2, 0.25) is 5.02 Å². The third-order valence-electron chi connectivity index (χ3n) is 8.14. The average Bonchev–Trinajstić information content (AvgIpc) is 2.96. The zero-order valence-electron chi connectivity index (χ0n) is 24.9. The number of nitrogens with zero attached hydrogens (tertiary/aromatic N) is 5. The minimum atomic E-state index is -0.0674. The molecule has 0 aliphatic carbocycles. The van der Waals surface area contributed by atoms with Gasteiger partial charge in [0.05, 0.1) is 6.54 Å². The van der Waals surface area contributed by atoms with Gasteiger partial charge in [0.15, 0.2) is 0 Å². The minimum Gasteiger partial charge on any atom is -0.375 e. The van der Waals surface area contributed by atoms with Crippen LogP contribution in [0.1, 0.15) is 37.8 Å². The third-order valence-corrected chi connectivity index (χ3v) is 8.39.